The van der Waals surface area contributed by atoms with E-state index in [1.54, 1.807) is 6.07 Å². The van der Waals surface area contributed by atoms with Crippen LogP contribution >= 0.6 is 0 Å². The molecule has 2 aliphatic carbocycles. The van der Waals surface area contributed by atoms with Crippen molar-refractivity contribution in [2.45, 2.75) is 45.1 Å². The highest BCUT2D eigenvalue weighted by Gasteiger charge is 2.40. The Kier molecular flexibility index (Phi) is 2.61. The second kappa shape index (κ2) is 4.04. The molecular weight excluding hydrogens is 226 g/mol. The topological polar surface area (TPSA) is 60.1 Å². The Morgan fingerprint density at radius 1 is 1.56 bits per heavy atom. The molecule has 1 heterocycles. The summed E-state index contributed by atoms with van der Waals surface area (Å²) in [6.45, 7) is 3.00. The van der Waals surface area contributed by atoms with Gasteiger partial charge in [0.15, 0.2) is 0 Å². The van der Waals surface area contributed by atoms with E-state index in [1.165, 1.54) is 12.8 Å². The molecule has 0 aliphatic heterocycles. The van der Waals surface area contributed by atoms with Crippen LogP contribution in [0.25, 0.3) is 0 Å². The van der Waals surface area contributed by atoms with Crippen molar-refractivity contribution in [2.75, 3.05) is 12.3 Å². The monoisotopic (exact) mass is 247 g/mol. The molecule has 2 saturated carbocycles. The van der Waals surface area contributed by atoms with Gasteiger partial charge in [-0.1, -0.05) is 6.92 Å². The molecule has 0 unspecified atom stereocenters. The number of carbonyl (C=O) groups is 1. The number of amides is 1. The van der Waals surface area contributed by atoms with E-state index in [1.807, 2.05) is 10.8 Å². The lowest BCUT2D eigenvalue weighted by Gasteiger charge is -2.14. The van der Waals surface area contributed by atoms with Gasteiger partial charge in [0.1, 0.15) is 5.69 Å². The Bertz CT molecular complexity index is 469. The van der Waals surface area contributed by atoms with Crippen molar-refractivity contribution in [3.8, 4) is 0 Å². The van der Waals surface area contributed by atoms with Crippen LogP contribution in [0.4, 0.5) is 5.69 Å². The first-order valence-corrected chi connectivity index (χ1v) is 6.89. The van der Waals surface area contributed by atoms with Gasteiger partial charge >= 0.3 is 0 Å². The molecule has 18 heavy (non-hydrogen) atoms. The molecule has 3 rings (SSSR count). The molecule has 2 fully saturated rings. The van der Waals surface area contributed by atoms with Crippen molar-refractivity contribution in [3.05, 3.63) is 18.0 Å². The molecule has 0 aromatic carbocycles. The van der Waals surface area contributed by atoms with Crippen molar-refractivity contribution in [3.63, 3.8) is 0 Å². The molecule has 3 N–H and O–H groups in total. The van der Waals surface area contributed by atoms with Crippen LogP contribution in [-0.2, 0) is 0 Å². The average molecular weight is 247 g/mol. The van der Waals surface area contributed by atoms with Crippen molar-refractivity contribution in [2.24, 2.45) is 5.41 Å². The van der Waals surface area contributed by atoms with E-state index in [0.29, 0.717) is 17.1 Å². The molecule has 0 bridgehead atoms. The van der Waals surface area contributed by atoms with E-state index in [2.05, 4.69) is 12.2 Å². The molecule has 1 aromatic rings. The van der Waals surface area contributed by atoms with Crippen LogP contribution in [0.15, 0.2) is 12.3 Å². The van der Waals surface area contributed by atoms with E-state index >= 15 is 0 Å². The molecule has 0 radical (unpaired) electrons. The number of nitrogens with zero attached hydrogens (tertiary/aromatic N) is 1. The molecule has 0 atom stereocenters. The van der Waals surface area contributed by atoms with Gasteiger partial charge in [-0.3, -0.25) is 4.79 Å². The van der Waals surface area contributed by atoms with Crippen LogP contribution in [0.1, 0.15) is 55.6 Å². The van der Waals surface area contributed by atoms with Crippen LogP contribution in [0, 0.1) is 5.41 Å². The number of anilines is 1. The highest BCUT2D eigenvalue weighted by Crippen LogP contribution is 2.47. The van der Waals surface area contributed by atoms with Crippen molar-refractivity contribution in [1.29, 1.82) is 0 Å². The lowest BCUT2D eigenvalue weighted by atomic mass is 10.0. The van der Waals surface area contributed by atoms with Gasteiger partial charge in [-0.05, 0) is 43.6 Å². The maximum Gasteiger partial charge on any atom is 0.268 e. The lowest BCUT2D eigenvalue weighted by molar-refractivity contribution is 0.0935. The molecule has 98 valence electrons. The summed E-state index contributed by atoms with van der Waals surface area (Å²) in [5, 5.41) is 3.07. The molecule has 0 spiro atoms. The molecular formula is C14H21N3O. The van der Waals surface area contributed by atoms with Crippen LogP contribution in [0.5, 0.6) is 0 Å². The van der Waals surface area contributed by atoms with E-state index in [9.17, 15) is 4.79 Å². The standard InChI is InChI=1S/C14H21N3O/c1-2-14(5-6-14)9-16-13(18)12-7-10(15)8-17(12)11-3-4-11/h7-8,11H,2-6,9,15H2,1H3,(H,16,18). The van der Waals surface area contributed by atoms with Gasteiger partial charge in [-0.2, -0.15) is 0 Å². The SMILES string of the molecule is CCC1(CNC(=O)c2cc(N)cn2C2CC2)CC1. The smallest absolute Gasteiger partial charge is 0.268 e. The summed E-state index contributed by atoms with van der Waals surface area (Å²) in [5.41, 5.74) is 7.60. The first-order chi connectivity index (χ1) is 8.63. The zero-order valence-electron chi connectivity index (χ0n) is 10.9. The Balaban J connectivity index is 1.68. The summed E-state index contributed by atoms with van der Waals surface area (Å²) in [6, 6.07) is 2.28. The van der Waals surface area contributed by atoms with E-state index in [4.69, 9.17) is 5.73 Å². The minimum Gasteiger partial charge on any atom is -0.397 e. The van der Waals surface area contributed by atoms with E-state index < -0.39 is 0 Å². The fraction of sp³-hybridized carbons (Fsp3) is 0.643. The number of rotatable bonds is 5. The zero-order valence-corrected chi connectivity index (χ0v) is 10.9. The highest BCUT2D eigenvalue weighted by atomic mass is 16.1. The summed E-state index contributed by atoms with van der Waals surface area (Å²) in [5.74, 6) is 0.0262. The fourth-order valence-corrected chi connectivity index (χ4v) is 2.53. The number of carbonyl (C=O) groups excluding carboxylic acids is 1. The Hall–Kier alpha value is -1.45. The lowest BCUT2D eigenvalue weighted by Crippen LogP contribution is -2.31. The summed E-state index contributed by atoms with van der Waals surface area (Å²) in [6.07, 6.45) is 7.85. The number of hydrogen-bond donors (Lipinski definition) is 2. The molecule has 2 aliphatic rings. The summed E-state index contributed by atoms with van der Waals surface area (Å²) < 4.78 is 2.04. The fourth-order valence-electron chi connectivity index (χ4n) is 2.53. The van der Waals surface area contributed by atoms with Crippen LogP contribution in [0.3, 0.4) is 0 Å². The van der Waals surface area contributed by atoms with E-state index in [0.717, 1.165) is 31.5 Å². The minimum atomic E-state index is 0.0262. The Morgan fingerprint density at radius 2 is 2.28 bits per heavy atom. The molecule has 1 amide bonds. The summed E-state index contributed by atoms with van der Waals surface area (Å²) >= 11 is 0. The third kappa shape index (κ3) is 2.11. The van der Waals surface area contributed by atoms with Gasteiger partial charge in [0.2, 0.25) is 0 Å². The second-order valence-corrected chi connectivity index (χ2v) is 5.83. The maximum atomic E-state index is 12.2. The summed E-state index contributed by atoms with van der Waals surface area (Å²) in [7, 11) is 0. The van der Waals surface area contributed by atoms with Gasteiger partial charge in [0, 0.05) is 18.8 Å². The minimum absolute atomic E-state index is 0.0262. The van der Waals surface area contributed by atoms with Crippen molar-refractivity contribution < 1.29 is 4.79 Å². The average Bonchev–Trinajstić information content (AvgIpc) is 3.26. The Morgan fingerprint density at radius 3 is 2.83 bits per heavy atom. The predicted octanol–water partition coefficient (Wildman–Crippen LogP) is 2.33. The van der Waals surface area contributed by atoms with Gasteiger partial charge in [-0.15, -0.1) is 0 Å². The maximum absolute atomic E-state index is 12.2. The molecule has 4 nitrogen and oxygen atoms in total. The number of hydrogen-bond acceptors (Lipinski definition) is 2. The van der Waals surface area contributed by atoms with Crippen LogP contribution in [-0.4, -0.2) is 17.0 Å². The number of nitrogens with two attached hydrogens (primary N) is 1. The van der Waals surface area contributed by atoms with E-state index in [-0.39, 0.29) is 5.91 Å². The number of aromatic nitrogens is 1. The summed E-state index contributed by atoms with van der Waals surface area (Å²) in [4.78, 5) is 12.2. The highest BCUT2D eigenvalue weighted by molar-refractivity contribution is 5.94. The second-order valence-electron chi connectivity index (χ2n) is 5.83. The third-order valence-corrected chi connectivity index (χ3v) is 4.37. The molecule has 4 heteroatoms. The first-order valence-electron chi connectivity index (χ1n) is 6.89. The molecule has 1 aromatic heterocycles. The third-order valence-electron chi connectivity index (χ3n) is 4.37. The predicted molar refractivity (Wildman–Crippen MR) is 71.4 cm³/mol. The van der Waals surface area contributed by atoms with Crippen LogP contribution < -0.4 is 11.1 Å². The van der Waals surface area contributed by atoms with Gasteiger partial charge in [-0.25, -0.2) is 0 Å². The number of nitrogen functional groups attached to an aromatic ring is 1. The normalized spacial score (nSPS) is 20.7. The largest absolute Gasteiger partial charge is 0.397 e. The molecule has 0 saturated heterocycles. The zero-order chi connectivity index (χ0) is 12.8. The van der Waals surface area contributed by atoms with Gasteiger partial charge in [0.05, 0.1) is 5.69 Å². The first kappa shape index (κ1) is 11.6. The quantitative estimate of drug-likeness (QED) is 0.839. The number of nitrogens with one attached hydrogen (secondary N) is 1. The van der Waals surface area contributed by atoms with Crippen molar-refractivity contribution >= 4 is 11.6 Å². The van der Waals surface area contributed by atoms with Gasteiger partial charge in [0.25, 0.3) is 5.91 Å². The van der Waals surface area contributed by atoms with Crippen molar-refractivity contribution in [1.82, 2.24) is 9.88 Å². The Labute approximate surface area is 108 Å². The van der Waals surface area contributed by atoms with Gasteiger partial charge < -0.3 is 15.6 Å². The van der Waals surface area contributed by atoms with Crippen LogP contribution in [0.2, 0.25) is 0 Å².